The maximum atomic E-state index is 11.1. The van der Waals surface area contributed by atoms with Crippen LogP contribution in [-0.2, 0) is 10.8 Å². The summed E-state index contributed by atoms with van der Waals surface area (Å²) in [7, 11) is -0.769. The number of hydrogen-bond acceptors (Lipinski definition) is 3. The maximum Gasteiger partial charge on any atom is 0.225 e. The number of aromatic nitrogens is 3. The lowest BCUT2D eigenvalue weighted by atomic mass is 10.2. The van der Waals surface area contributed by atoms with E-state index in [1.165, 1.54) is 0 Å². The Balaban J connectivity index is 2.84. The van der Waals surface area contributed by atoms with Crippen LogP contribution in [0.25, 0.3) is 0 Å². The minimum Gasteiger partial charge on any atom is -0.299 e. The van der Waals surface area contributed by atoms with Crippen LogP contribution < -0.4 is 0 Å². The van der Waals surface area contributed by atoms with Crippen molar-refractivity contribution in [1.29, 1.82) is 0 Å². The molecule has 0 aromatic carbocycles. The van der Waals surface area contributed by atoms with E-state index in [1.54, 1.807) is 6.26 Å². The van der Waals surface area contributed by atoms with E-state index in [4.69, 9.17) is 11.6 Å². The lowest BCUT2D eigenvalue weighted by Gasteiger charge is -2.17. The highest BCUT2D eigenvalue weighted by molar-refractivity contribution is 7.84. The van der Waals surface area contributed by atoms with Crippen molar-refractivity contribution < 1.29 is 4.21 Å². The topological polar surface area (TPSA) is 47.8 Å². The lowest BCUT2D eigenvalue weighted by Crippen LogP contribution is -2.13. The van der Waals surface area contributed by atoms with Gasteiger partial charge in [0.05, 0.1) is 0 Å². The van der Waals surface area contributed by atoms with Gasteiger partial charge < -0.3 is 0 Å². The summed E-state index contributed by atoms with van der Waals surface area (Å²) in [6.45, 7) is 6.16. The fourth-order valence-corrected chi connectivity index (χ4v) is 2.51. The van der Waals surface area contributed by atoms with Gasteiger partial charge in [-0.1, -0.05) is 13.8 Å². The van der Waals surface area contributed by atoms with Gasteiger partial charge in [0.1, 0.15) is 5.82 Å². The van der Waals surface area contributed by atoms with Gasteiger partial charge in [0.25, 0.3) is 0 Å². The minimum absolute atomic E-state index is 0.184. The van der Waals surface area contributed by atoms with Gasteiger partial charge in [0, 0.05) is 34.8 Å². The first-order valence-corrected chi connectivity index (χ1v) is 7.44. The third kappa shape index (κ3) is 3.28. The van der Waals surface area contributed by atoms with Gasteiger partial charge in [-0.2, -0.15) is 0 Å². The van der Waals surface area contributed by atoms with Crippen molar-refractivity contribution in [2.45, 2.75) is 39.2 Å². The smallest absolute Gasteiger partial charge is 0.225 e. The second-order valence-corrected chi connectivity index (χ2v) is 6.16. The standard InChI is InChI=1S/C10H18ClN3OS/c1-7(2)9-12-13-10(11)14(9)8(3)5-6-16(4)15/h7-8H,5-6H2,1-4H3. The molecule has 16 heavy (non-hydrogen) atoms. The van der Waals surface area contributed by atoms with Gasteiger partial charge in [-0.05, 0) is 24.9 Å². The van der Waals surface area contributed by atoms with Crippen LogP contribution in [-0.4, -0.2) is 31.0 Å². The first-order chi connectivity index (χ1) is 7.43. The molecule has 2 atom stereocenters. The molecular weight excluding hydrogens is 246 g/mol. The van der Waals surface area contributed by atoms with E-state index >= 15 is 0 Å². The molecule has 0 amide bonds. The third-order valence-corrected chi connectivity index (χ3v) is 3.53. The molecule has 1 aromatic heterocycles. The molecule has 1 rings (SSSR count). The van der Waals surface area contributed by atoms with Crippen molar-refractivity contribution in [1.82, 2.24) is 14.8 Å². The molecule has 0 N–H and O–H groups in total. The summed E-state index contributed by atoms with van der Waals surface area (Å²) in [6.07, 6.45) is 2.53. The Labute approximate surface area is 104 Å². The van der Waals surface area contributed by atoms with Crippen LogP contribution in [0.1, 0.15) is 45.0 Å². The highest BCUT2D eigenvalue weighted by atomic mass is 35.5. The van der Waals surface area contributed by atoms with E-state index in [0.29, 0.717) is 11.0 Å². The van der Waals surface area contributed by atoms with Gasteiger partial charge in [0.2, 0.25) is 5.28 Å². The van der Waals surface area contributed by atoms with Crippen LogP contribution in [0.3, 0.4) is 0 Å². The monoisotopic (exact) mass is 263 g/mol. The molecule has 0 aliphatic rings. The number of nitrogens with zero attached hydrogens (tertiary/aromatic N) is 3. The van der Waals surface area contributed by atoms with Crippen molar-refractivity contribution in [2.24, 2.45) is 0 Å². The van der Waals surface area contributed by atoms with Crippen molar-refractivity contribution in [3.8, 4) is 0 Å². The molecule has 0 fully saturated rings. The maximum absolute atomic E-state index is 11.1. The second kappa shape index (κ2) is 5.77. The Morgan fingerprint density at radius 1 is 1.38 bits per heavy atom. The highest BCUT2D eigenvalue weighted by Crippen LogP contribution is 2.23. The molecule has 0 aliphatic carbocycles. The summed E-state index contributed by atoms with van der Waals surface area (Å²) in [6, 6.07) is 0.184. The highest BCUT2D eigenvalue weighted by Gasteiger charge is 2.18. The third-order valence-electron chi connectivity index (χ3n) is 2.46. The average molecular weight is 264 g/mol. The zero-order valence-corrected chi connectivity index (χ0v) is 11.7. The fourth-order valence-electron chi connectivity index (χ4n) is 1.55. The van der Waals surface area contributed by atoms with Crippen LogP contribution in [0.2, 0.25) is 5.28 Å². The molecular formula is C10H18ClN3OS. The van der Waals surface area contributed by atoms with Gasteiger partial charge in [-0.15, -0.1) is 10.2 Å². The molecule has 92 valence electrons. The van der Waals surface area contributed by atoms with E-state index in [2.05, 4.69) is 24.0 Å². The number of rotatable bonds is 5. The largest absolute Gasteiger partial charge is 0.299 e. The molecule has 0 saturated carbocycles. The Kier molecular flexibility index (Phi) is 4.92. The van der Waals surface area contributed by atoms with Gasteiger partial charge >= 0.3 is 0 Å². The van der Waals surface area contributed by atoms with Crippen LogP contribution in [0.5, 0.6) is 0 Å². The summed E-state index contributed by atoms with van der Waals surface area (Å²) >= 11 is 6.01. The van der Waals surface area contributed by atoms with Crippen LogP contribution >= 0.6 is 11.6 Å². The summed E-state index contributed by atoms with van der Waals surface area (Å²) in [5.41, 5.74) is 0. The lowest BCUT2D eigenvalue weighted by molar-refractivity contribution is 0.498. The molecule has 6 heteroatoms. The summed E-state index contributed by atoms with van der Waals surface area (Å²) < 4.78 is 13.0. The predicted octanol–water partition coefficient (Wildman–Crippen LogP) is 2.38. The first-order valence-electron chi connectivity index (χ1n) is 5.33. The Morgan fingerprint density at radius 2 is 2.00 bits per heavy atom. The molecule has 0 saturated heterocycles. The average Bonchev–Trinajstić information content (AvgIpc) is 2.56. The molecule has 2 unspecified atom stereocenters. The zero-order valence-electron chi connectivity index (χ0n) is 10.1. The van der Waals surface area contributed by atoms with E-state index in [-0.39, 0.29) is 12.0 Å². The zero-order chi connectivity index (χ0) is 12.3. The second-order valence-electron chi connectivity index (χ2n) is 4.27. The summed E-state index contributed by atoms with van der Waals surface area (Å²) in [5, 5.41) is 8.37. The quantitative estimate of drug-likeness (QED) is 0.820. The van der Waals surface area contributed by atoms with E-state index in [1.807, 2.05) is 11.5 Å². The van der Waals surface area contributed by atoms with Gasteiger partial charge in [0.15, 0.2) is 0 Å². The van der Waals surface area contributed by atoms with Crippen molar-refractivity contribution in [3.05, 3.63) is 11.1 Å². The normalized spacial score (nSPS) is 15.4. The summed E-state index contributed by atoms with van der Waals surface area (Å²) in [5.74, 6) is 1.85. The number of hydrogen-bond donors (Lipinski definition) is 0. The number of halogens is 1. The summed E-state index contributed by atoms with van der Waals surface area (Å²) in [4.78, 5) is 0. The molecule has 0 spiro atoms. The van der Waals surface area contributed by atoms with Crippen LogP contribution in [0.4, 0.5) is 0 Å². The molecule has 4 nitrogen and oxygen atoms in total. The minimum atomic E-state index is -0.769. The molecule has 1 heterocycles. The SMILES string of the molecule is CC(C)c1nnc(Cl)n1C(C)CCS(C)=O. The Hall–Kier alpha value is -0.420. The molecule has 1 aromatic rings. The Morgan fingerprint density at radius 3 is 2.50 bits per heavy atom. The van der Waals surface area contributed by atoms with Crippen LogP contribution in [0, 0.1) is 0 Å². The van der Waals surface area contributed by atoms with Crippen molar-refractivity contribution >= 4 is 22.4 Å². The van der Waals surface area contributed by atoms with Crippen molar-refractivity contribution in [3.63, 3.8) is 0 Å². The Bertz CT molecular complexity index is 378. The predicted molar refractivity (Wildman–Crippen MR) is 67.4 cm³/mol. The van der Waals surface area contributed by atoms with E-state index in [0.717, 1.165) is 12.2 Å². The van der Waals surface area contributed by atoms with E-state index in [9.17, 15) is 4.21 Å². The van der Waals surface area contributed by atoms with Crippen LogP contribution in [0.15, 0.2) is 0 Å². The fraction of sp³-hybridized carbons (Fsp3) is 0.800. The van der Waals surface area contributed by atoms with Gasteiger partial charge in [-0.25, -0.2) is 0 Å². The molecule has 0 radical (unpaired) electrons. The van der Waals surface area contributed by atoms with Gasteiger partial charge in [-0.3, -0.25) is 8.78 Å². The van der Waals surface area contributed by atoms with E-state index < -0.39 is 10.8 Å². The first kappa shape index (κ1) is 13.6. The molecule has 0 bridgehead atoms. The molecule has 0 aliphatic heterocycles. The van der Waals surface area contributed by atoms with Crippen molar-refractivity contribution in [2.75, 3.05) is 12.0 Å².